The van der Waals surface area contributed by atoms with E-state index in [0.29, 0.717) is 48.3 Å². The number of aliphatic hydroxyl groups is 4. The zero-order valence-electron chi connectivity index (χ0n) is 50.2. The first-order valence-electron chi connectivity index (χ1n) is 32.9. The zero-order chi connectivity index (χ0) is 54.2. The van der Waals surface area contributed by atoms with E-state index >= 15 is 4.79 Å². The van der Waals surface area contributed by atoms with Crippen LogP contribution in [0.25, 0.3) is 0 Å². The van der Waals surface area contributed by atoms with Crippen LogP contribution in [0.3, 0.4) is 0 Å². The minimum atomic E-state index is -1.11. The fraction of sp³-hybridized carbons (Fsp3) is 0.984. The Bertz CT molecular complexity index is 1220. The van der Waals surface area contributed by atoms with Crippen molar-refractivity contribution in [2.75, 3.05) is 26.4 Å². The Morgan fingerprint density at radius 3 is 0.662 bits per heavy atom. The van der Waals surface area contributed by atoms with Crippen LogP contribution in [0.2, 0.25) is 0 Å². The highest BCUT2D eigenvalue weighted by Gasteiger charge is 2.79. The first kappa shape index (κ1) is 67.4. The quantitative estimate of drug-likeness (QED) is 0.0297. The van der Waals surface area contributed by atoms with Crippen LogP contribution in [-0.2, 0) is 4.79 Å². The molecule has 0 bridgehead atoms. The fourth-order valence-corrected chi connectivity index (χ4v) is 13.7. The first-order chi connectivity index (χ1) is 36.1. The maximum absolute atomic E-state index is 15.7. The fourth-order valence-electron chi connectivity index (χ4n) is 13.7. The number of carboxylic acid groups (broad SMARTS) is 1. The Balaban J connectivity index is 0.00000146. The Hall–Kier alpha value is -0.850. The van der Waals surface area contributed by atoms with Gasteiger partial charge in [0, 0.05) is 48.3 Å². The molecule has 10 heteroatoms. The molecule has 4 aliphatic heterocycles. The Morgan fingerprint density at radius 2 is 0.514 bits per heavy atom. The van der Waals surface area contributed by atoms with E-state index in [1.807, 2.05) is 0 Å². The first-order valence-corrected chi connectivity index (χ1v) is 32.9. The molecule has 4 fully saturated rings. The van der Waals surface area contributed by atoms with Gasteiger partial charge in [0.2, 0.25) is 5.66 Å². The second-order valence-corrected chi connectivity index (χ2v) is 24.6. The standard InChI is InChI=1S/C59H114N4O2.C5H12O4/c1-9-17-25-33-41-49-50(42-34-26-18-10-2)60(49)57(61-51(43-35-27-19-11-3)52(61)44-36-28-20-12-4)59(58(64)65,62-53(45-37-29-21-13-5)54(62)46-38-30-22-14-6)63-55(47-39-31-23-15-7)56(63)48-40-32-24-16-8;6-1-5(2-7,3-8)4-9/h49-57H,9-48H2,1-8H3,(H,64,65);6-9H,1-4H2. The van der Waals surface area contributed by atoms with Crippen molar-refractivity contribution in [2.24, 2.45) is 5.41 Å². The molecule has 74 heavy (non-hydrogen) atoms. The van der Waals surface area contributed by atoms with Crippen molar-refractivity contribution in [1.29, 1.82) is 0 Å². The van der Waals surface area contributed by atoms with E-state index in [9.17, 15) is 5.11 Å². The molecule has 0 aromatic heterocycles. The second-order valence-electron chi connectivity index (χ2n) is 24.6. The van der Waals surface area contributed by atoms with Gasteiger partial charge in [0.05, 0.1) is 31.8 Å². The average molecular weight is 1050 g/mol. The molecule has 4 saturated heterocycles. The van der Waals surface area contributed by atoms with Gasteiger partial charge < -0.3 is 25.5 Å². The Morgan fingerprint density at radius 1 is 0.324 bits per heavy atom. The molecule has 0 spiro atoms. The summed E-state index contributed by atoms with van der Waals surface area (Å²) in [5, 5.41) is 46.9. The molecule has 0 amide bonds. The third-order valence-corrected chi connectivity index (χ3v) is 18.6. The largest absolute Gasteiger partial charge is 0.479 e. The van der Waals surface area contributed by atoms with E-state index in [2.05, 4.69) is 75.0 Å². The van der Waals surface area contributed by atoms with Gasteiger partial charge in [0.1, 0.15) is 6.17 Å². The lowest BCUT2D eigenvalue weighted by Crippen LogP contribution is -2.69. The molecule has 0 radical (unpaired) electrons. The summed E-state index contributed by atoms with van der Waals surface area (Å²) in [6, 6.07) is 3.68. The van der Waals surface area contributed by atoms with Gasteiger partial charge in [-0.15, -0.1) is 0 Å². The number of rotatable bonds is 50. The predicted molar refractivity (Wildman–Crippen MR) is 313 cm³/mol. The van der Waals surface area contributed by atoms with Crippen LogP contribution in [0.15, 0.2) is 0 Å². The van der Waals surface area contributed by atoms with Crippen molar-refractivity contribution in [3.8, 4) is 0 Å². The van der Waals surface area contributed by atoms with Crippen LogP contribution >= 0.6 is 0 Å². The molecule has 5 N–H and O–H groups in total. The normalized spacial score (nSPS) is 28.1. The predicted octanol–water partition coefficient (Wildman–Crippen LogP) is 15.0. The number of aliphatic carboxylic acids is 1. The van der Waals surface area contributed by atoms with Crippen LogP contribution in [-0.4, -0.2) is 138 Å². The van der Waals surface area contributed by atoms with E-state index in [-0.39, 0.29) is 6.17 Å². The highest BCUT2D eigenvalue weighted by Crippen LogP contribution is 2.60. The molecule has 0 aliphatic carbocycles. The molecule has 438 valence electrons. The summed E-state index contributed by atoms with van der Waals surface area (Å²) in [6.45, 7) is 17.1. The van der Waals surface area contributed by atoms with Gasteiger partial charge in [-0.1, -0.05) is 261 Å². The summed E-state index contributed by atoms with van der Waals surface area (Å²) in [6.07, 6.45) is 50.8. The van der Waals surface area contributed by atoms with Crippen molar-refractivity contribution in [3.63, 3.8) is 0 Å². The van der Waals surface area contributed by atoms with E-state index in [1.165, 1.54) is 257 Å². The monoisotopic (exact) mass is 1050 g/mol. The Kier molecular flexibility index (Phi) is 35.3. The van der Waals surface area contributed by atoms with Crippen molar-refractivity contribution in [3.05, 3.63) is 0 Å². The van der Waals surface area contributed by atoms with Gasteiger partial charge in [0.25, 0.3) is 0 Å². The van der Waals surface area contributed by atoms with Crippen LogP contribution < -0.4 is 0 Å². The molecule has 4 heterocycles. The van der Waals surface area contributed by atoms with Crippen LogP contribution in [0.1, 0.15) is 312 Å². The summed E-state index contributed by atoms with van der Waals surface area (Å²) >= 11 is 0. The molecule has 10 nitrogen and oxygen atoms in total. The van der Waals surface area contributed by atoms with Gasteiger partial charge in [-0.05, 0) is 51.4 Å². The molecule has 8 atom stereocenters. The van der Waals surface area contributed by atoms with E-state index < -0.39 is 43.5 Å². The SMILES string of the molecule is CCCCCCC1C(CCCCCC)N1C(N1C(CCCCCC)C1CCCCCC)C(C(=O)O)(N1C(CCCCCC)C1CCCCCC)N1C(CCCCCC)C1CCCCCC.OCC(CO)(CO)CO. The van der Waals surface area contributed by atoms with Gasteiger partial charge >= 0.3 is 5.97 Å². The molecule has 0 aromatic rings. The summed E-state index contributed by atoms with van der Waals surface area (Å²) < 4.78 is 0. The molecule has 4 rings (SSSR count). The average Bonchev–Trinajstić information content (AvgIpc) is 4.35. The maximum atomic E-state index is 15.7. The summed E-state index contributed by atoms with van der Waals surface area (Å²) in [5.74, 6) is -0.477. The van der Waals surface area contributed by atoms with E-state index in [4.69, 9.17) is 20.4 Å². The summed E-state index contributed by atoms with van der Waals surface area (Å²) in [4.78, 5) is 27.3. The summed E-state index contributed by atoms with van der Waals surface area (Å²) in [7, 11) is 0. The molecule has 0 saturated carbocycles. The minimum Gasteiger partial charge on any atom is -0.479 e. The van der Waals surface area contributed by atoms with Crippen LogP contribution in [0.5, 0.6) is 0 Å². The van der Waals surface area contributed by atoms with Gasteiger partial charge in [0.15, 0.2) is 0 Å². The van der Waals surface area contributed by atoms with Crippen molar-refractivity contribution in [2.45, 2.75) is 372 Å². The third kappa shape index (κ3) is 20.4. The van der Waals surface area contributed by atoms with E-state index in [0.717, 1.165) is 0 Å². The lowest BCUT2D eigenvalue weighted by Gasteiger charge is -2.44. The maximum Gasteiger partial charge on any atom is 0.342 e. The third-order valence-electron chi connectivity index (χ3n) is 18.6. The van der Waals surface area contributed by atoms with Crippen molar-refractivity contribution >= 4 is 5.97 Å². The molecule has 0 aromatic carbocycles. The van der Waals surface area contributed by atoms with Gasteiger partial charge in [-0.25, -0.2) is 4.79 Å². The smallest absolute Gasteiger partial charge is 0.342 e. The number of unbranched alkanes of at least 4 members (excludes halogenated alkanes) is 24. The van der Waals surface area contributed by atoms with Crippen molar-refractivity contribution in [1.82, 2.24) is 19.6 Å². The molecule has 8 unspecified atom stereocenters. The van der Waals surface area contributed by atoms with Gasteiger partial charge in [-0.2, -0.15) is 0 Å². The number of nitrogens with zero attached hydrogens (tertiary/aromatic N) is 4. The number of carbonyl (C=O) groups is 1. The van der Waals surface area contributed by atoms with Crippen LogP contribution in [0, 0.1) is 5.41 Å². The van der Waals surface area contributed by atoms with E-state index in [1.54, 1.807) is 0 Å². The molecule has 4 aliphatic rings. The topological polar surface area (TPSA) is 130 Å². The minimum absolute atomic E-state index is 0.0581. The molecular weight excluding hydrogens is 921 g/mol. The highest BCUT2D eigenvalue weighted by molar-refractivity contribution is 5.81. The second kappa shape index (κ2) is 38.7. The lowest BCUT2D eigenvalue weighted by atomic mass is 9.93. The van der Waals surface area contributed by atoms with Gasteiger partial charge in [-0.3, -0.25) is 19.6 Å². The number of hydrogen-bond donors (Lipinski definition) is 5. The lowest BCUT2D eigenvalue weighted by molar-refractivity contribution is -0.168. The number of carboxylic acids is 1. The summed E-state index contributed by atoms with van der Waals surface area (Å²) in [5.41, 5.74) is -2.10. The Labute approximate surface area is 458 Å². The molecular formula is C64H126N4O6. The van der Waals surface area contributed by atoms with Crippen molar-refractivity contribution < 1.29 is 30.3 Å². The number of hydrogen-bond acceptors (Lipinski definition) is 9. The number of aliphatic hydroxyl groups excluding tert-OH is 4. The van der Waals surface area contributed by atoms with Crippen LogP contribution in [0.4, 0.5) is 0 Å². The highest BCUT2D eigenvalue weighted by atomic mass is 16.4. The zero-order valence-corrected chi connectivity index (χ0v) is 50.2.